The molecule has 0 aromatic heterocycles. The molecule has 0 atom stereocenters. The maximum atomic E-state index is 11.1. The van der Waals surface area contributed by atoms with Crippen molar-refractivity contribution >= 4 is 5.97 Å². The molecule has 7 nitrogen and oxygen atoms in total. The molecule has 1 N–H and O–H groups in total. The number of carbonyl (C=O) groups excluding carboxylic acids is 1. The van der Waals surface area contributed by atoms with Crippen LogP contribution in [0.5, 0.6) is 0 Å². The van der Waals surface area contributed by atoms with Gasteiger partial charge in [-0.2, -0.15) is 4.84 Å². The number of hydrogen-bond donors (Lipinski definition) is 1. The lowest BCUT2D eigenvalue weighted by molar-refractivity contribution is -0.650. The molecule has 1 saturated carbocycles. The normalized spacial score (nSPS) is 18.2. The minimum atomic E-state index is -0.469. The molecule has 0 heterocycles. The van der Waals surface area contributed by atoms with Gasteiger partial charge >= 0.3 is 5.97 Å². The van der Waals surface area contributed by atoms with Gasteiger partial charge in [0.1, 0.15) is 6.04 Å². The Morgan fingerprint density at radius 3 is 2.81 bits per heavy atom. The molecule has 92 valence electrons. The molecule has 1 aliphatic carbocycles. The Balaban J connectivity index is 2.14. The SMILES string of the molecule is CC(=O)OCON[N+]([O-])=NC1CCCCC1. The van der Waals surface area contributed by atoms with E-state index >= 15 is 0 Å². The maximum Gasteiger partial charge on any atom is 0.304 e. The maximum absolute atomic E-state index is 11.1. The summed E-state index contributed by atoms with van der Waals surface area (Å²) in [5, 5.41) is 15.0. The van der Waals surface area contributed by atoms with Crippen molar-refractivity contribution < 1.29 is 19.3 Å². The van der Waals surface area contributed by atoms with E-state index in [9.17, 15) is 10.0 Å². The molecule has 16 heavy (non-hydrogen) atoms. The Morgan fingerprint density at radius 2 is 2.19 bits per heavy atom. The van der Waals surface area contributed by atoms with Gasteiger partial charge in [0.25, 0.3) is 0 Å². The van der Waals surface area contributed by atoms with Crippen molar-refractivity contribution in [3.8, 4) is 0 Å². The van der Waals surface area contributed by atoms with E-state index < -0.39 is 5.97 Å². The van der Waals surface area contributed by atoms with Gasteiger partial charge in [-0.25, -0.2) is 0 Å². The van der Waals surface area contributed by atoms with E-state index in [-0.39, 0.29) is 17.8 Å². The summed E-state index contributed by atoms with van der Waals surface area (Å²) in [4.78, 5) is 15.2. The van der Waals surface area contributed by atoms with Crippen molar-refractivity contribution in [2.45, 2.75) is 45.1 Å². The number of nitrogens with one attached hydrogen (secondary N) is 1. The van der Waals surface area contributed by atoms with Crippen LogP contribution in [0.3, 0.4) is 0 Å². The lowest BCUT2D eigenvalue weighted by atomic mass is 9.96. The summed E-state index contributed by atoms with van der Waals surface area (Å²) in [6, 6.07) is 0.0658. The smallest absolute Gasteiger partial charge is 0.304 e. The first kappa shape index (κ1) is 12.7. The van der Waals surface area contributed by atoms with Crippen molar-refractivity contribution in [3.05, 3.63) is 5.21 Å². The van der Waals surface area contributed by atoms with Crippen LogP contribution in [-0.2, 0) is 14.4 Å². The first-order valence-corrected chi connectivity index (χ1v) is 5.37. The number of hydrogen-bond acceptors (Lipinski definition) is 5. The molecule has 0 unspecified atom stereocenters. The number of nitrogens with zero attached hydrogens (tertiary/aromatic N) is 2. The standard InChI is InChI=1S/C9H17N3O4/c1-8(13)15-7-16-11-12(14)10-9-5-3-2-4-6-9/h9H,2-7H2,1H3,(H,10,11). The van der Waals surface area contributed by atoms with Crippen LogP contribution in [0.25, 0.3) is 0 Å². The third-order valence-electron chi connectivity index (χ3n) is 2.31. The molecule has 7 heteroatoms. The van der Waals surface area contributed by atoms with Crippen LogP contribution in [0.2, 0.25) is 0 Å². The van der Waals surface area contributed by atoms with Crippen LogP contribution in [0.1, 0.15) is 39.0 Å². The van der Waals surface area contributed by atoms with Gasteiger partial charge in [-0.05, 0) is 18.4 Å². The van der Waals surface area contributed by atoms with Crippen LogP contribution in [0.15, 0.2) is 5.11 Å². The van der Waals surface area contributed by atoms with Gasteiger partial charge in [-0.1, -0.05) is 19.3 Å². The fraction of sp³-hybridized carbons (Fsp3) is 0.889. The second-order valence-electron chi connectivity index (χ2n) is 3.67. The van der Waals surface area contributed by atoms with Gasteiger partial charge in [0.05, 0.1) is 4.97 Å². The number of carbonyl (C=O) groups is 1. The predicted octanol–water partition coefficient (Wildman–Crippen LogP) is 1.24. The summed E-state index contributed by atoms with van der Waals surface area (Å²) in [7, 11) is 0. The molecule has 0 aromatic rings. The van der Waals surface area contributed by atoms with Crippen molar-refractivity contribution in [3.63, 3.8) is 0 Å². The zero-order valence-electron chi connectivity index (χ0n) is 9.35. The van der Waals surface area contributed by atoms with E-state index in [1.165, 1.54) is 13.3 Å². The molecule has 0 bridgehead atoms. The molecule has 1 aliphatic rings. The predicted molar refractivity (Wildman–Crippen MR) is 53.8 cm³/mol. The molecule has 0 amide bonds. The highest BCUT2D eigenvalue weighted by Gasteiger charge is 2.15. The van der Waals surface area contributed by atoms with E-state index in [2.05, 4.69) is 14.7 Å². The third kappa shape index (κ3) is 5.50. The molecule has 0 saturated heterocycles. The fourth-order valence-corrected chi connectivity index (χ4v) is 1.56. The molecule has 0 spiro atoms. The Kier molecular flexibility index (Phi) is 5.55. The Labute approximate surface area is 93.9 Å². The molecule has 0 aromatic carbocycles. The molecule has 0 radical (unpaired) electrons. The highest BCUT2D eigenvalue weighted by Crippen LogP contribution is 2.19. The molecule has 1 fully saturated rings. The Hall–Kier alpha value is -1.37. The van der Waals surface area contributed by atoms with Gasteiger partial charge in [0, 0.05) is 12.0 Å². The van der Waals surface area contributed by atoms with Crippen LogP contribution >= 0.6 is 0 Å². The largest absolute Gasteiger partial charge is 0.570 e. The van der Waals surface area contributed by atoms with Crippen molar-refractivity contribution in [1.29, 1.82) is 0 Å². The van der Waals surface area contributed by atoms with Gasteiger partial charge in [-0.3, -0.25) is 4.79 Å². The molecular formula is C9H17N3O4. The minimum Gasteiger partial charge on any atom is -0.570 e. The summed E-state index contributed by atoms with van der Waals surface area (Å²) < 4.78 is 4.45. The molecule has 1 rings (SSSR count). The Bertz CT molecular complexity index is 251. The number of esters is 1. The molecule has 0 aliphatic heterocycles. The molecular weight excluding hydrogens is 214 g/mol. The van der Waals surface area contributed by atoms with Gasteiger partial charge in [0.2, 0.25) is 6.79 Å². The number of hydrazine groups is 1. The van der Waals surface area contributed by atoms with E-state index in [0.29, 0.717) is 0 Å². The lowest BCUT2D eigenvalue weighted by Gasteiger charge is -2.14. The second-order valence-corrected chi connectivity index (χ2v) is 3.67. The first-order chi connectivity index (χ1) is 7.68. The lowest BCUT2D eigenvalue weighted by Crippen LogP contribution is -2.27. The van der Waals surface area contributed by atoms with Crippen LogP contribution in [0, 0.1) is 5.21 Å². The summed E-state index contributed by atoms with van der Waals surface area (Å²) in [5.74, 6) is -0.469. The fourth-order valence-electron chi connectivity index (χ4n) is 1.56. The van der Waals surface area contributed by atoms with Crippen LogP contribution in [0.4, 0.5) is 0 Å². The summed E-state index contributed by atoms with van der Waals surface area (Å²) >= 11 is 0. The minimum absolute atomic E-state index is 0.0658. The van der Waals surface area contributed by atoms with Crippen LogP contribution in [-0.4, -0.2) is 23.8 Å². The summed E-state index contributed by atoms with van der Waals surface area (Å²) in [6.45, 7) is 0.943. The third-order valence-corrected chi connectivity index (χ3v) is 2.31. The number of rotatable bonds is 5. The summed E-state index contributed by atoms with van der Waals surface area (Å²) in [6.07, 6.45) is 5.29. The van der Waals surface area contributed by atoms with Gasteiger partial charge in [-0.15, -0.1) is 0 Å². The van der Waals surface area contributed by atoms with Gasteiger partial charge in [0.15, 0.2) is 0 Å². The first-order valence-electron chi connectivity index (χ1n) is 5.37. The quantitative estimate of drug-likeness (QED) is 0.192. The van der Waals surface area contributed by atoms with E-state index in [4.69, 9.17) is 0 Å². The number of ether oxygens (including phenoxy) is 1. The topological polar surface area (TPSA) is 86.0 Å². The second kappa shape index (κ2) is 7.00. The van der Waals surface area contributed by atoms with E-state index in [1.54, 1.807) is 0 Å². The average molecular weight is 231 g/mol. The highest BCUT2D eigenvalue weighted by atomic mass is 16.8. The van der Waals surface area contributed by atoms with Crippen LogP contribution < -0.4 is 5.59 Å². The summed E-state index contributed by atoms with van der Waals surface area (Å²) in [5.41, 5.74) is 2.02. The van der Waals surface area contributed by atoms with Gasteiger partial charge < -0.3 is 9.94 Å². The van der Waals surface area contributed by atoms with Crippen molar-refractivity contribution in [2.24, 2.45) is 5.11 Å². The zero-order chi connectivity index (χ0) is 11.8. The average Bonchev–Trinajstić information content (AvgIpc) is 2.25. The van der Waals surface area contributed by atoms with E-state index in [1.807, 2.05) is 5.59 Å². The Morgan fingerprint density at radius 1 is 1.50 bits per heavy atom. The van der Waals surface area contributed by atoms with Crippen molar-refractivity contribution in [2.75, 3.05) is 6.79 Å². The zero-order valence-corrected chi connectivity index (χ0v) is 9.35. The monoisotopic (exact) mass is 231 g/mol. The van der Waals surface area contributed by atoms with E-state index in [0.717, 1.165) is 25.7 Å². The highest BCUT2D eigenvalue weighted by molar-refractivity contribution is 5.65. The van der Waals surface area contributed by atoms with Crippen molar-refractivity contribution in [1.82, 2.24) is 5.59 Å².